The summed E-state index contributed by atoms with van der Waals surface area (Å²) in [6.07, 6.45) is 3.77. The van der Waals surface area contributed by atoms with E-state index in [1.165, 1.54) is 11.1 Å². The van der Waals surface area contributed by atoms with Crippen LogP contribution in [0.15, 0.2) is 48.7 Å². The van der Waals surface area contributed by atoms with Crippen LogP contribution in [0, 0.1) is 0 Å². The molecule has 2 aliphatic rings. The quantitative estimate of drug-likeness (QED) is 0.437. The Hall–Kier alpha value is -3.79. The van der Waals surface area contributed by atoms with Gasteiger partial charge in [-0.25, -0.2) is 0 Å². The lowest BCUT2D eigenvalue weighted by atomic mass is 10.1. The van der Waals surface area contributed by atoms with Crippen molar-refractivity contribution in [2.75, 3.05) is 13.1 Å². The van der Waals surface area contributed by atoms with Crippen molar-refractivity contribution in [3.63, 3.8) is 0 Å². The Labute approximate surface area is 183 Å². The molecule has 1 aromatic heterocycles. The van der Waals surface area contributed by atoms with Gasteiger partial charge in [0.25, 0.3) is 5.91 Å². The highest BCUT2D eigenvalue weighted by Crippen LogP contribution is 2.17. The number of nitrogens with zero attached hydrogens (tertiary/aromatic N) is 2. The smallest absolute Gasteiger partial charge is 0.310 e. The average molecular weight is 438 g/mol. The Bertz CT molecular complexity index is 1100. The van der Waals surface area contributed by atoms with Gasteiger partial charge in [0.15, 0.2) is 0 Å². The molecule has 2 aromatic rings. The van der Waals surface area contributed by atoms with E-state index in [4.69, 9.17) is 0 Å². The van der Waals surface area contributed by atoms with Gasteiger partial charge >= 0.3 is 5.97 Å². The Morgan fingerprint density at radius 3 is 2.75 bits per heavy atom. The van der Waals surface area contributed by atoms with Crippen molar-refractivity contribution in [3.8, 4) is 0 Å². The zero-order chi connectivity index (χ0) is 22.7. The highest BCUT2D eigenvalue weighted by molar-refractivity contribution is 6.06. The summed E-state index contributed by atoms with van der Waals surface area (Å²) < 4.78 is 4.60. The summed E-state index contributed by atoms with van der Waals surface area (Å²) in [6, 6.07) is 7.39. The number of aliphatic hydroxyl groups excluding tert-OH is 1. The Morgan fingerprint density at radius 1 is 1.16 bits per heavy atom. The molecule has 10 nitrogen and oxygen atoms in total. The summed E-state index contributed by atoms with van der Waals surface area (Å²) >= 11 is 0. The standard InChI is InChI=1S/C22H22N4O6/c27-17(24-16-11-18(28)32-22(16)31)12-26-10-4-3-7-15(21(26)30)25-20(29)19-14-6-2-1-5-13(14)8-9-23-19/h1-6,8-9,15-16,22,31H,7,10-12H2,(H,24,27)(H,25,29)/t15-,16-,22?/m0/s1. The first-order valence-corrected chi connectivity index (χ1v) is 10.2. The summed E-state index contributed by atoms with van der Waals surface area (Å²) in [5, 5.41) is 16.4. The zero-order valence-electron chi connectivity index (χ0n) is 17.1. The molecule has 3 heterocycles. The molecule has 1 saturated heterocycles. The van der Waals surface area contributed by atoms with E-state index in [2.05, 4.69) is 20.4 Å². The van der Waals surface area contributed by atoms with E-state index in [1.807, 2.05) is 12.1 Å². The van der Waals surface area contributed by atoms with Crippen LogP contribution in [0.2, 0.25) is 0 Å². The van der Waals surface area contributed by atoms with E-state index in [0.29, 0.717) is 5.39 Å². The minimum atomic E-state index is -1.41. The van der Waals surface area contributed by atoms with Gasteiger partial charge in [-0.1, -0.05) is 36.4 Å². The number of aromatic nitrogens is 1. The lowest BCUT2D eigenvalue weighted by Crippen LogP contribution is -2.51. The van der Waals surface area contributed by atoms with Crippen LogP contribution in [-0.2, 0) is 19.1 Å². The number of hydrogen-bond donors (Lipinski definition) is 3. The van der Waals surface area contributed by atoms with Gasteiger partial charge in [0, 0.05) is 18.1 Å². The van der Waals surface area contributed by atoms with Crippen molar-refractivity contribution in [1.82, 2.24) is 20.5 Å². The number of cyclic esters (lactones) is 1. The van der Waals surface area contributed by atoms with Gasteiger partial charge < -0.3 is 25.4 Å². The van der Waals surface area contributed by atoms with E-state index in [-0.39, 0.29) is 31.6 Å². The third kappa shape index (κ3) is 4.59. The summed E-state index contributed by atoms with van der Waals surface area (Å²) in [5.41, 5.74) is 0.216. The predicted octanol–water partition coefficient (Wildman–Crippen LogP) is -0.128. The van der Waals surface area contributed by atoms with Crippen LogP contribution in [0.3, 0.4) is 0 Å². The number of esters is 1. The highest BCUT2D eigenvalue weighted by atomic mass is 16.6. The molecular weight excluding hydrogens is 416 g/mol. The zero-order valence-corrected chi connectivity index (χ0v) is 17.1. The maximum Gasteiger partial charge on any atom is 0.310 e. The van der Waals surface area contributed by atoms with E-state index in [9.17, 15) is 24.3 Å². The van der Waals surface area contributed by atoms with Crippen molar-refractivity contribution in [2.24, 2.45) is 0 Å². The molecule has 3 atom stereocenters. The molecule has 0 spiro atoms. The molecule has 3 N–H and O–H groups in total. The normalized spacial score (nSPS) is 23.0. The molecule has 2 aliphatic heterocycles. The minimum Gasteiger partial charge on any atom is -0.434 e. The average Bonchev–Trinajstić information content (AvgIpc) is 2.99. The molecule has 1 unspecified atom stereocenters. The summed E-state index contributed by atoms with van der Waals surface area (Å²) in [5.74, 6) is -2.05. The molecule has 32 heavy (non-hydrogen) atoms. The van der Waals surface area contributed by atoms with Crippen molar-refractivity contribution >= 4 is 34.5 Å². The minimum absolute atomic E-state index is 0.141. The summed E-state index contributed by atoms with van der Waals surface area (Å²) in [7, 11) is 0. The van der Waals surface area contributed by atoms with Crippen LogP contribution >= 0.6 is 0 Å². The molecule has 10 heteroatoms. The van der Waals surface area contributed by atoms with Crippen LogP contribution in [0.1, 0.15) is 23.3 Å². The lowest BCUT2D eigenvalue weighted by molar-refractivity contribution is -0.155. The van der Waals surface area contributed by atoms with Crippen molar-refractivity contribution in [1.29, 1.82) is 0 Å². The topological polar surface area (TPSA) is 138 Å². The number of amides is 3. The van der Waals surface area contributed by atoms with Crippen LogP contribution in [0.5, 0.6) is 0 Å². The van der Waals surface area contributed by atoms with Crippen LogP contribution in [0.4, 0.5) is 0 Å². The Balaban J connectivity index is 1.42. The van der Waals surface area contributed by atoms with Gasteiger partial charge in [-0.05, 0) is 17.9 Å². The number of carbonyl (C=O) groups is 4. The van der Waals surface area contributed by atoms with Gasteiger partial charge in [-0.2, -0.15) is 0 Å². The first-order chi connectivity index (χ1) is 15.4. The first-order valence-electron chi connectivity index (χ1n) is 10.2. The fraction of sp³-hybridized carbons (Fsp3) is 0.318. The number of fused-ring (bicyclic) bond motifs is 1. The second kappa shape index (κ2) is 9.15. The SMILES string of the molecule is O=C(CN1CC=CC[C@H](NC(=O)c2nccc3ccccc23)C1=O)N[C@H]1CC(=O)OC1O. The lowest BCUT2D eigenvalue weighted by Gasteiger charge is -2.25. The van der Waals surface area contributed by atoms with Gasteiger partial charge in [0.1, 0.15) is 17.8 Å². The third-order valence-electron chi connectivity index (χ3n) is 5.33. The molecule has 166 valence electrons. The number of benzene rings is 1. The molecule has 0 aliphatic carbocycles. The number of nitrogens with one attached hydrogen (secondary N) is 2. The van der Waals surface area contributed by atoms with E-state index < -0.39 is 42.1 Å². The van der Waals surface area contributed by atoms with Gasteiger partial charge in [0.2, 0.25) is 18.1 Å². The molecule has 4 rings (SSSR count). The third-order valence-corrected chi connectivity index (χ3v) is 5.33. The monoisotopic (exact) mass is 438 g/mol. The Morgan fingerprint density at radius 2 is 1.97 bits per heavy atom. The van der Waals surface area contributed by atoms with Gasteiger partial charge in [0.05, 0.1) is 13.0 Å². The van der Waals surface area contributed by atoms with Crippen molar-refractivity contribution in [2.45, 2.75) is 31.2 Å². The highest BCUT2D eigenvalue weighted by Gasteiger charge is 2.35. The maximum absolute atomic E-state index is 13.0. The second-order valence-corrected chi connectivity index (χ2v) is 7.59. The fourth-order valence-electron chi connectivity index (χ4n) is 3.73. The van der Waals surface area contributed by atoms with Gasteiger partial charge in [-0.15, -0.1) is 0 Å². The summed E-state index contributed by atoms with van der Waals surface area (Å²) in [4.78, 5) is 55.0. The van der Waals surface area contributed by atoms with Crippen LogP contribution in [0.25, 0.3) is 10.8 Å². The summed E-state index contributed by atoms with van der Waals surface area (Å²) in [6.45, 7) is -0.104. The number of carbonyl (C=O) groups excluding carboxylic acids is 4. The number of rotatable bonds is 5. The molecule has 1 aromatic carbocycles. The predicted molar refractivity (Wildman–Crippen MR) is 112 cm³/mol. The number of aliphatic hydroxyl groups is 1. The Kier molecular flexibility index (Phi) is 6.13. The van der Waals surface area contributed by atoms with E-state index in [1.54, 1.807) is 30.4 Å². The largest absolute Gasteiger partial charge is 0.434 e. The van der Waals surface area contributed by atoms with E-state index >= 15 is 0 Å². The molecule has 0 bridgehead atoms. The van der Waals surface area contributed by atoms with Crippen molar-refractivity contribution in [3.05, 3.63) is 54.4 Å². The fourth-order valence-corrected chi connectivity index (χ4v) is 3.73. The molecule has 0 saturated carbocycles. The maximum atomic E-state index is 13.0. The van der Waals surface area contributed by atoms with Gasteiger partial charge in [-0.3, -0.25) is 24.2 Å². The second-order valence-electron chi connectivity index (χ2n) is 7.59. The van der Waals surface area contributed by atoms with Crippen molar-refractivity contribution < 1.29 is 29.0 Å². The molecule has 1 fully saturated rings. The van der Waals surface area contributed by atoms with Crippen LogP contribution in [-0.4, -0.2) is 70.1 Å². The molecular formula is C22H22N4O6. The number of ether oxygens (including phenoxy) is 1. The number of pyridine rings is 1. The molecule has 0 radical (unpaired) electrons. The molecule has 3 amide bonds. The van der Waals surface area contributed by atoms with Crippen LogP contribution < -0.4 is 10.6 Å². The number of hydrogen-bond acceptors (Lipinski definition) is 7. The van der Waals surface area contributed by atoms with E-state index in [0.717, 1.165) is 5.39 Å². The first kappa shape index (κ1) is 21.4.